The molecule has 4 N–H and O–H groups in total. The molecule has 0 rings (SSSR count). The molecule has 0 heterocycles. The monoisotopic (exact) mass is 158 g/mol. The van der Waals surface area contributed by atoms with Gasteiger partial charge in [-0.3, -0.25) is 4.79 Å². The molecular formula is C6H10N2O3. The zero-order valence-electron chi connectivity index (χ0n) is 6.13. The summed E-state index contributed by atoms with van der Waals surface area (Å²) in [4.78, 5) is 20.8. The fourth-order valence-corrected chi connectivity index (χ4v) is 0.450. The van der Waals surface area contributed by atoms with Gasteiger partial charge in [-0.05, 0) is 6.92 Å². The van der Waals surface area contributed by atoms with Gasteiger partial charge in [0.05, 0.1) is 6.54 Å². The molecular weight excluding hydrogens is 148 g/mol. The smallest absolute Gasteiger partial charge is 0.352 e. The molecule has 0 aliphatic carbocycles. The van der Waals surface area contributed by atoms with Crippen molar-refractivity contribution in [1.29, 1.82) is 0 Å². The Balaban J connectivity index is 4.12. The van der Waals surface area contributed by atoms with Gasteiger partial charge in [0, 0.05) is 0 Å². The molecule has 0 aliphatic rings. The highest BCUT2D eigenvalue weighted by molar-refractivity contribution is 5.92. The number of aliphatic carboxylic acids is 1. The highest BCUT2D eigenvalue weighted by Gasteiger charge is 2.07. The number of carbonyl (C=O) groups is 2. The Kier molecular flexibility index (Phi) is 3.90. The Bertz CT molecular complexity index is 198. The number of rotatable bonds is 3. The minimum Gasteiger partial charge on any atom is -0.477 e. The van der Waals surface area contributed by atoms with E-state index in [1.807, 2.05) is 0 Å². The standard InChI is InChI=1S/C6H10N2O3/c1-2-4(6(10)11)8-5(9)3-7/h2H,3,7H2,1H3,(H,8,9)(H,10,11)/b4-2-. The number of amides is 1. The molecule has 0 aromatic carbocycles. The van der Waals surface area contributed by atoms with Gasteiger partial charge in [-0.2, -0.15) is 0 Å². The highest BCUT2D eigenvalue weighted by atomic mass is 16.4. The largest absolute Gasteiger partial charge is 0.477 e. The molecule has 1 amide bonds. The van der Waals surface area contributed by atoms with Crippen LogP contribution in [0.2, 0.25) is 0 Å². The second-order valence-electron chi connectivity index (χ2n) is 1.76. The zero-order chi connectivity index (χ0) is 8.85. The maximum absolute atomic E-state index is 10.5. The van der Waals surface area contributed by atoms with Crippen molar-refractivity contribution < 1.29 is 14.7 Å². The fraction of sp³-hybridized carbons (Fsp3) is 0.333. The van der Waals surface area contributed by atoms with Gasteiger partial charge in [-0.15, -0.1) is 0 Å². The molecule has 0 spiro atoms. The first-order valence-corrected chi connectivity index (χ1v) is 3.01. The molecule has 0 saturated heterocycles. The third-order valence-electron chi connectivity index (χ3n) is 0.979. The molecule has 0 aliphatic heterocycles. The number of allylic oxidation sites excluding steroid dienone is 1. The number of hydrogen-bond acceptors (Lipinski definition) is 3. The maximum atomic E-state index is 10.5. The van der Waals surface area contributed by atoms with Crippen molar-refractivity contribution in [3.05, 3.63) is 11.8 Å². The lowest BCUT2D eigenvalue weighted by atomic mass is 10.4. The van der Waals surface area contributed by atoms with E-state index in [9.17, 15) is 9.59 Å². The highest BCUT2D eigenvalue weighted by Crippen LogP contribution is 1.86. The van der Waals surface area contributed by atoms with E-state index < -0.39 is 11.9 Å². The van der Waals surface area contributed by atoms with Crippen LogP contribution in [0, 0.1) is 0 Å². The van der Waals surface area contributed by atoms with Gasteiger partial charge in [0.1, 0.15) is 5.70 Å². The summed E-state index contributed by atoms with van der Waals surface area (Å²) in [5.74, 6) is -1.69. The van der Waals surface area contributed by atoms with Crippen molar-refractivity contribution in [2.75, 3.05) is 6.54 Å². The lowest BCUT2D eigenvalue weighted by Crippen LogP contribution is -2.32. The van der Waals surface area contributed by atoms with Crippen LogP contribution in [0.1, 0.15) is 6.92 Å². The number of nitrogens with two attached hydrogens (primary N) is 1. The van der Waals surface area contributed by atoms with Crippen LogP contribution in [0.3, 0.4) is 0 Å². The molecule has 62 valence electrons. The van der Waals surface area contributed by atoms with E-state index in [4.69, 9.17) is 10.8 Å². The number of nitrogens with one attached hydrogen (secondary N) is 1. The molecule has 5 heteroatoms. The predicted molar refractivity (Wildman–Crippen MR) is 38.6 cm³/mol. The summed E-state index contributed by atoms with van der Waals surface area (Å²) in [5, 5.41) is 10.5. The van der Waals surface area contributed by atoms with E-state index in [-0.39, 0.29) is 12.2 Å². The third kappa shape index (κ3) is 3.36. The first-order chi connectivity index (χ1) is 5.11. The molecule has 0 bridgehead atoms. The van der Waals surface area contributed by atoms with Crippen LogP contribution >= 0.6 is 0 Å². The molecule has 0 aromatic rings. The SMILES string of the molecule is C/C=C(\NC(=O)CN)C(=O)O. The predicted octanol–water partition coefficient (Wildman–Crippen LogP) is -0.950. The van der Waals surface area contributed by atoms with E-state index in [2.05, 4.69) is 5.32 Å². The van der Waals surface area contributed by atoms with Crippen LogP contribution in [-0.2, 0) is 9.59 Å². The molecule has 0 aromatic heterocycles. The van der Waals surface area contributed by atoms with Gasteiger partial charge in [0.25, 0.3) is 0 Å². The first kappa shape index (κ1) is 9.64. The third-order valence-corrected chi connectivity index (χ3v) is 0.979. The van der Waals surface area contributed by atoms with Gasteiger partial charge in [-0.25, -0.2) is 4.79 Å². The molecule has 0 unspecified atom stereocenters. The van der Waals surface area contributed by atoms with Crippen LogP contribution in [0.25, 0.3) is 0 Å². The summed E-state index contributed by atoms with van der Waals surface area (Å²) < 4.78 is 0. The summed E-state index contributed by atoms with van der Waals surface area (Å²) in [6, 6.07) is 0. The normalized spacial score (nSPS) is 10.9. The average Bonchev–Trinajstić information content (AvgIpc) is 1.99. The summed E-state index contributed by atoms with van der Waals surface area (Å²) in [6.45, 7) is 1.30. The molecule has 0 saturated carbocycles. The summed E-state index contributed by atoms with van der Waals surface area (Å²) in [7, 11) is 0. The van der Waals surface area contributed by atoms with Gasteiger partial charge >= 0.3 is 5.97 Å². The van der Waals surface area contributed by atoms with Crippen molar-refractivity contribution in [2.45, 2.75) is 6.92 Å². The van der Waals surface area contributed by atoms with Gasteiger partial charge in [0.15, 0.2) is 0 Å². The minimum atomic E-state index is -1.17. The maximum Gasteiger partial charge on any atom is 0.352 e. The van der Waals surface area contributed by atoms with Gasteiger partial charge in [0.2, 0.25) is 5.91 Å². The Labute approximate surface area is 63.9 Å². The molecule has 5 nitrogen and oxygen atoms in total. The number of hydrogen-bond donors (Lipinski definition) is 3. The molecule has 0 fully saturated rings. The van der Waals surface area contributed by atoms with Crippen LogP contribution in [0.15, 0.2) is 11.8 Å². The molecule has 0 radical (unpaired) electrons. The topological polar surface area (TPSA) is 92.4 Å². The Hall–Kier alpha value is -1.36. The van der Waals surface area contributed by atoms with Crippen LogP contribution in [0.5, 0.6) is 0 Å². The van der Waals surface area contributed by atoms with E-state index in [1.165, 1.54) is 13.0 Å². The minimum absolute atomic E-state index is 0.152. The lowest BCUT2D eigenvalue weighted by molar-refractivity contribution is -0.134. The van der Waals surface area contributed by atoms with Crippen molar-refractivity contribution in [2.24, 2.45) is 5.73 Å². The van der Waals surface area contributed by atoms with Crippen LogP contribution in [0.4, 0.5) is 0 Å². The molecule has 0 atom stereocenters. The quantitative estimate of drug-likeness (QED) is 0.462. The van der Waals surface area contributed by atoms with Crippen molar-refractivity contribution in [1.82, 2.24) is 5.32 Å². The van der Waals surface area contributed by atoms with E-state index in [0.717, 1.165) is 0 Å². The number of carboxylic acid groups (broad SMARTS) is 1. The van der Waals surface area contributed by atoms with E-state index >= 15 is 0 Å². The Morgan fingerprint density at radius 3 is 2.45 bits per heavy atom. The second-order valence-corrected chi connectivity index (χ2v) is 1.76. The molecule has 11 heavy (non-hydrogen) atoms. The Morgan fingerprint density at radius 1 is 1.64 bits per heavy atom. The van der Waals surface area contributed by atoms with E-state index in [1.54, 1.807) is 0 Å². The second kappa shape index (κ2) is 4.45. The summed E-state index contributed by atoms with van der Waals surface area (Å²) >= 11 is 0. The number of carboxylic acids is 1. The van der Waals surface area contributed by atoms with Gasteiger partial charge in [-0.1, -0.05) is 6.08 Å². The van der Waals surface area contributed by atoms with Gasteiger partial charge < -0.3 is 16.2 Å². The Morgan fingerprint density at radius 2 is 2.18 bits per heavy atom. The van der Waals surface area contributed by atoms with Crippen LogP contribution in [-0.4, -0.2) is 23.5 Å². The zero-order valence-corrected chi connectivity index (χ0v) is 6.13. The number of carbonyl (C=O) groups excluding carboxylic acids is 1. The van der Waals surface area contributed by atoms with Crippen LogP contribution < -0.4 is 11.1 Å². The van der Waals surface area contributed by atoms with Crippen molar-refractivity contribution in [3.8, 4) is 0 Å². The first-order valence-electron chi connectivity index (χ1n) is 3.01. The average molecular weight is 158 g/mol. The van der Waals surface area contributed by atoms with Crippen molar-refractivity contribution in [3.63, 3.8) is 0 Å². The summed E-state index contributed by atoms with van der Waals surface area (Å²) in [5.41, 5.74) is 4.79. The fourth-order valence-electron chi connectivity index (χ4n) is 0.450. The summed E-state index contributed by atoms with van der Waals surface area (Å²) in [6.07, 6.45) is 1.29. The van der Waals surface area contributed by atoms with E-state index in [0.29, 0.717) is 0 Å². The van der Waals surface area contributed by atoms with Crippen molar-refractivity contribution >= 4 is 11.9 Å². The lowest BCUT2D eigenvalue weighted by Gasteiger charge is -2.01.